The fourth-order valence-electron chi connectivity index (χ4n) is 1.32. The number of nitrogens with zero attached hydrogens (tertiary/aromatic N) is 1. The van der Waals surface area contributed by atoms with E-state index in [0.717, 1.165) is 23.6 Å². The molecule has 92 valence electrons. The number of rotatable bonds is 5. The highest BCUT2D eigenvalue weighted by molar-refractivity contribution is 7.98. The number of benzene rings is 1. The number of thioether (sulfide) groups is 1. The second kappa shape index (κ2) is 8.19. The standard InChI is InChI=1S/C14H19NOS/c1-15(2)8-10-17-12-14-6-3-5-13(11-14)7-4-9-16/h3,5-6,11,16H,8-10,12H2,1-2H3. The molecule has 0 radical (unpaired) electrons. The maximum absolute atomic E-state index is 8.64. The van der Waals surface area contributed by atoms with Crippen LogP contribution in [0.1, 0.15) is 11.1 Å². The average Bonchev–Trinajstić information content (AvgIpc) is 2.32. The zero-order valence-corrected chi connectivity index (χ0v) is 11.3. The van der Waals surface area contributed by atoms with Crippen molar-refractivity contribution in [2.75, 3.05) is 33.0 Å². The molecular weight excluding hydrogens is 230 g/mol. The second-order valence-corrected chi connectivity index (χ2v) is 5.12. The molecule has 0 aliphatic rings. The van der Waals surface area contributed by atoms with Crippen LogP contribution in [0.3, 0.4) is 0 Å². The van der Waals surface area contributed by atoms with E-state index >= 15 is 0 Å². The molecule has 0 atom stereocenters. The Morgan fingerprint density at radius 2 is 2.18 bits per heavy atom. The van der Waals surface area contributed by atoms with E-state index in [4.69, 9.17) is 5.11 Å². The summed E-state index contributed by atoms with van der Waals surface area (Å²) in [5, 5.41) is 8.64. The van der Waals surface area contributed by atoms with E-state index in [-0.39, 0.29) is 6.61 Å². The molecule has 2 nitrogen and oxygen atoms in total. The van der Waals surface area contributed by atoms with E-state index in [1.165, 1.54) is 5.56 Å². The Balaban J connectivity index is 2.43. The maximum Gasteiger partial charge on any atom is 0.104 e. The second-order valence-electron chi connectivity index (χ2n) is 4.02. The minimum Gasteiger partial charge on any atom is -0.384 e. The van der Waals surface area contributed by atoms with Gasteiger partial charge in [0.25, 0.3) is 0 Å². The van der Waals surface area contributed by atoms with E-state index in [1.54, 1.807) is 0 Å². The van der Waals surface area contributed by atoms with Crippen LogP contribution in [0, 0.1) is 11.8 Å². The zero-order valence-electron chi connectivity index (χ0n) is 10.4. The summed E-state index contributed by atoms with van der Waals surface area (Å²) in [6, 6.07) is 8.19. The molecule has 1 aromatic carbocycles. The lowest BCUT2D eigenvalue weighted by Gasteiger charge is -2.08. The molecule has 0 amide bonds. The van der Waals surface area contributed by atoms with Crippen LogP contribution in [0.15, 0.2) is 24.3 Å². The predicted octanol–water partition coefficient (Wildman–Crippen LogP) is 1.83. The summed E-state index contributed by atoms with van der Waals surface area (Å²) in [6.07, 6.45) is 0. The van der Waals surface area contributed by atoms with Gasteiger partial charge in [-0.05, 0) is 31.8 Å². The molecule has 1 N–H and O–H groups in total. The lowest BCUT2D eigenvalue weighted by atomic mass is 10.1. The predicted molar refractivity (Wildman–Crippen MR) is 75.1 cm³/mol. The van der Waals surface area contributed by atoms with E-state index in [1.807, 2.05) is 23.9 Å². The summed E-state index contributed by atoms with van der Waals surface area (Å²) in [5.74, 6) is 7.75. The number of hydrogen-bond acceptors (Lipinski definition) is 3. The monoisotopic (exact) mass is 249 g/mol. The Kier molecular flexibility index (Phi) is 6.80. The van der Waals surface area contributed by atoms with Gasteiger partial charge in [-0.15, -0.1) is 0 Å². The third-order valence-corrected chi connectivity index (χ3v) is 3.20. The Labute approximate surface area is 108 Å². The number of aliphatic hydroxyl groups excluding tert-OH is 1. The summed E-state index contributed by atoms with van der Waals surface area (Å²) < 4.78 is 0. The van der Waals surface area contributed by atoms with Crippen molar-refractivity contribution in [3.05, 3.63) is 35.4 Å². The molecule has 3 heteroatoms. The van der Waals surface area contributed by atoms with Gasteiger partial charge in [0.05, 0.1) is 0 Å². The first-order valence-corrected chi connectivity index (χ1v) is 6.79. The van der Waals surface area contributed by atoms with Crippen LogP contribution in [-0.4, -0.2) is 43.0 Å². The van der Waals surface area contributed by atoms with Crippen molar-refractivity contribution in [1.82, 2.24) is 4.90 Å². The van der Waals surface area contributed by atoms with Crippen LogP contribution < -0.4 is 0 Å². The van der Waals surface area contributed by atoms with Gasteiger partial charge in [0.15, 0.2) is 0 Å². The van der Waals surface area contributed by atoms with Crippen molar-refractivity contribution in [3.8, 4) is 11.8 Å². The Bertz CT molecular complexity index is 393. The molecular formula is C14H19NOS. The molecule has 1 aromatic rings. The Morgan fingerprint density at radius 1 is 1.35 bits per heavy atom. The van der Waals surface area contributed by atoms with Gasteiger partial charge in [0.1, 0.15) is 6.61 Å². The van der Waals surface area contributed by atoms with Gasteiger partial charge >= 0.3 is 0 Å². The van der Waals surface area contributed by atoms with Gasteiger partial charge in [-0.25, -0.2) is 0 Å². The van der Waals surface area contributed by atoms with E-state index in [2.05, 4.69) is 43.0 Å². The maximum atomic E-state index is 8.64. The Morgan fingerprint density at radius 3 is 2.88 bits per heavy atom. The van der Waals surface area contributed by atoms with Crippen molar-refractivity contribution in [1.29, 1.82) is 0 Å². The van der Waals surface area contributed by atoms with E-state index < -0.39 is 0 Å². The molecule has 17 heavy (non-hydrogen) atoms. The highest BCUT2D eigenvalue weighted by atomic mass is 32.2. The molecule has 0 heterocycles. The van der Waals surface area contributed by atoms with Crippen molar-refractivity contribution < 1.29 is 5.11 Å². The zero-order chi connectivity index (χ0) is 12.5. The highest BCUT2D eigenvalue weighted by Crippen LogP contribution is 2.13. The summed E-state index contributed by atoms with van der Waals surface area (Å²) in [6.45, 7) is 1.02. The third kappa shape index (κ3) is 6.38. The fraction of sp³-hybridized carbons (Fsp3) is 0.429. The van der Waals surface area contributed by atoms with Gasteiger partial charge < -0.3 is 10.0 Å². The van der Waals surface area contributed by atoms with Crippen LogP contribution in [0.2, 0.25) is 0 Å². The summed E-state index contributed by atoms with van der Waals surface area (Å²) in [4.78, 5) is 2.19. The van der Waals surface area contributed by atoms with Crippen LogP contribution in [0.4, 0.5) is 0 Å². The number of hydrogen-bond donors (Lipinski definition) is 1. The number of aliphatic hydroxyl groups is 1. The fourth-order valence-corrected chi connectivity index (χ4v) is 2.37. The van der Waals surface area contributed by atoms with Crippen molar-refractivity contribution >= 4 is 11.8 Å². The molecule has 1 rings (SSSR count). The Hall–Kier alpha value is -0.950. The van der Waals surface area contributed by atoms with Gasteiger partial charge in [0.2, 0.25) is 0 Å². The summed E-state index contributed by atoms with van der Waals surface area (Å²) in [7, 11) is 4.18. The topological polar surface area (TPSA) is 23.5 Å². The lowest BCUT2D eigenvalue weighted by Crippen LogP contribution is -2.14. The summed E-state index contributed by atoms with van der Waals surface area (Å²) in [5.41, 5.74) is 2.27. The van der Waals surface area contributed by atoms with Crippen LogP contribution >= 0.6 is 11.8 Å². The van der Waals surface area contributed by atoms with Gasteiger partial charge in [-0.1, -0.05) is 24.0 Å². The van der Waals surface area contributed by atoms with Crippen LogP contribution in [0.5, 0.6) is 0 Å². The molecule has 0 saturated heterocycles. The average molecular weight is 249 g/mol. The summed E-state index contributed by atoms with van der Waals surface area (Å²) >= 11 is 1.93. The SMILES string of the molecule is CN(C)CCSCc1cccc(C#CCO)c1. The molecule has 0 spiro atoms. The van der Waals surface area contributed by atoms with E-state index in [9.17, 15) is 0 Å². The van der Waals surface area contributed by atoms with Gasteiger partial charge in [-0.3, -0.25) is 0 Å². The van der Waals surface area contributed by atoms with Gasteiger partial charge in [-0.2, -0.15) is 11.8 Å². The smallest absolute Gasteiger partial charge is 0.104 e. The third-order valence-electron chi connectivity index (χ3n) is 2.19. The minimum atomic E-state index is -0.0815. The van der Waals surface area contributed by atoms with E-state index in [0.29, 0.717) is 0 Å². The normalized spacial score (nSPS) is 10.1. The molecule has 0 aliphatic carbocycles. The van der Waals surface area contributed by atoms with Crippen LogP contribution in [-0.2, 0) is 5.75 Å². The van der Waals surface area contributed by atoms with Crippen molar-refractivity contribution in [2.24, 2.45) is 0 Å². The highest BCUT2D eigenvalue weighted by Gasteiger charge is 1.96. The molecule has 0 aromatic heterocycles. The van der Waals surface area contributed by atoms with Crippen molar-refractivity contribution in [3.63, 3.8) is 0 Å². The quantitative estimate of drug-likeness (QED) is 0.636. The van der Waals surface area contributed by atoms with Crippen molar-refractivity contribution in [2.45, 2.75) is 5.75 Å². The van der Waals surface area contributed by atoms with Crippen LogP contribution in [0.25, 0.3) is 0 Å². The first kappa shape index (κ1) is 14.1. The molecule has 0 saturated carbocycles. The molecule has 0 aliphatic heterocycles. The first-order chi connectivity index (χ1) is 8.22. The molecule has 0 fully saturated rings. The molecule has 0 bridgehead atoms. The largest absolute Gasteiger partial charge is 0.384 e. The minimum absolute atomic E-state index is 0.0815. The lowest BCUT2D eigenvalue weighted by molar-refractivity contribution is 0.350. The van der Waals surface area contributed by atoms with Gasteiger partial charge in [0, 0.05) is 23.6 Å². The first-order valence-electron chi connectivity index (χ1n) is 5.63. The molecule has 0 unspecified atom stereocenters.